The van der Waals surface area contributed by atoms with Crippen LogP contribution >= 0.6 is 0 Å². The molecule has 0 radical (unpaired) electrons. The van der Waals surface area contributed by atoms with Gasteiger partial charge < -0.3 is 10.9 Å². The SMILES string of the molecule is C[C@H](O)c1nc2ccccc2n1N. The zero-order valence-corrected chi connectivity index (χ0v) is 7.31. The Morgan fingerprint density at radius 1 is 1.46 bits per heavy atom. The zero-order valence-electron chi connectivity index (χ0n) is 7.31. The van der Waals surface area contributed by atoms with Crippen LogP contribution in [-0.2, 0) is 0 Å². The van der Waals surface area contributed by atoms with E-state index in [0.717, 1.165) is 11.0 Å². The van der Waals surface area contributed by atoms with Crippen molar-refractivity contribution >= 4 is 11.0 Å². The van der Waals surface area contributed by atoms with Gasteiger partial charge in [-0.05, 0) is 19.1 Å². The van der Waals surface area contributed by atoms with Gasteiger partial charge in [-0.25, -0.2) is 9.66 Å². The van der Waals surface area contributed by atoms with E-state index in [1.807, 2.05) is 24.3 Å². The van der Waals surface area contributed by atoms with E-state index in [1.165, 1.54) is 4.68 Å². The van der Waals surface area contributed by atoms with Gasteiger partial charge in [-0.15, -0.1) is 0 Å². The number of benzene rings is 1. The molecule has 2 aromatic rings. The van der Waals surface area contributed by atoms with Crippen LogP contribution in [0.3, 0.4) is 0 Å². The number of para-hydroxylation sites is 2. The van der Waals surface area contributed by atoms with Crippen LogP contribution in [0, 0.1) is 0 Å². The first-order chi connectivity index (χ1) is 6.20. The quantitative estimate of drug-likeness (QED) is 0.633. The van der Waals surface area contributed by atoms with Crippen LogP contribution < -0.4 is 5.84 Å². The predicted molar refractivity (Wildman–Crippen MR) is 50.5 cm³/mol. The summed E-state index contributed by atoms with van der Waals surface area (Å²) in [6, 6.07) is 7.51. The number of nitrogens with two attached hydrogens (primary N) is 1. The van der Waals surface area contributed by atoms with Crippen LogP contribution in [0.25, 0.3) is 11.0 Å². The average Bonchev–Trinajstić information content (AvgIpc) is 2.45. The molecule has 0 aliphatic carbocycles. The van der Waals surface area contributed by atoms with Gasteiger partial charge in [-0.3, -0.25) is 0 Å². The smallest absolute Gasteiger partial charge is 0.156 e. The molecule has 0 saturated heterocycles. The molecule has 13 heavy (non-hydrogen) atoms. The maximum absolute atomic E-state index is 9.34. The summed E-state index contributed by atoms with van der Waals surface area (Å²) < 4.78 is 1.42. The summed E-state index contributed by atoms with van der Waals surface area (Å²) >= 11 is 0. The molecule has 4 heteroatoms. The summed E-state index contributed by atoms with van der Waals surface area (Å²) in [7, 11) is 0. The molecule has 0 bridgehead atoms. The Morgan fingerprint density at radius 2 is 2.15 bits per heavy atom. The van der Waals surface area contributed by atoms with Crippen LogP contribution in [0.4, 0.5) is 0 Å². The number of hydrogen-bond acceptors (Lipinski definition) is 3. The Morgan fingerprint density at radius 3 is 2.77 bits per heavy atom. The van der Waals surface area contributed by atoms with Crippen LogP contribution in [0.5, 0.6) is 0 Å². The van der Waals surface area contributed by atoms with Crippen molar-refractivity contribution in [1.82, 2.24) is 9.66 Å². The minimum atomic E-state index is -0.641. The van der Waals surface area contributed by atoms with E-state index < -0.39 is 6.10 Å². The number of nitrogen functional groups attached to an aromatic ring is 1. The first kappa shape index (κ1) is 8.07. The second-order valence-corrected chi connectivity index (χ2v) is 3.00. The molecule has 1 aromatic heterocycles. The van der Waals surface area contributed by atoms with Crippen molar-refractivity contribution in [2.75, 3.05) is 5.84 Å². The molecule has 0 aliphatic heterocycles. The largest absolute Gasteiger partial charge is 0.385 e. The van der Waals surface area contributed by atoms with Crippen molar-refractivity contribution in [3.63, 3.8) is 0 Å². The van der Waals surface area contributed by atoms with Crippen molar-refractivity contribution in [2.24, 2.45) is 0 Å². The van der Waals surface area contributed by atoms with Crippen molar-refractivity contribution in [3.05, 3.63) is 30.1 Å². The van der Waals surface area contributed by atoms with E-state index in [9.17, 15) is 5.11 Å². The Balaban J connectivity index is 2.74. The first-order valence-electron chi connectivity index (χ1n) is 4.10. The third-order valence-electron chi connectivity index (χ3n) is 2.00. The number of imidazole rings is 1. The molecule has 3 N–H and O–H groups in total. The van der Waals surface area contributed by atoms with Gasteiger partial charge in [-0.2, -0.15) is 0 Å². The Bertz CT molecular complexity index is 433. The molecule has 68 valence electrons. The molecule has 2 rings (SSSR count). The lowest BCUT2D eigenvalue weighted by Crippen LogP contribution is -2.14. The normalized spacial score (nSPS) is 13.4. The topological polar surface area (TPSA) is 64.1 Å². The van der Waals surface area contributed by atoms with E-state index in [2.05, 4.69) is 4.98 Å². The monoisotopic (exact) mass is 177 g/mol. The number of rotatable bonds is 1. The molecule has 1 atom stereocenters. The van der Waals surface area contributed by atoms with Crippen LogP contribution in [0.15, 0.2) is 24.3 Å². The number of aliphatic hydroxyl groups excluding tert-OH is 1. The number of nitrogens with zero attached hydrogens (tertiary/aromatic N) is 2. The molecule has 0 amide bonds. The maximum atomic E-state index is 9.34. The van der Waals surface area contributed by atoms with Crippen molar-refractivity contribution < 1.29 is 5.11 Å². The molecule has 1 heterocycles. The van der Waals surface area contributed by atoms with Crippen LogP contribution in [0.1, 0.15) is 18.9 Å². The second-order valence-electron chi connectivity index (χ2n) is 3.00. The molecule has 0 unspecified atom stereocenters. The van der Waals surface area contributed by atoms with Gasteiger partial charge in [0.05, 0.1) is 11.0 Å². The fourth-order valence-electron chi connectivity index (χ4n) is 1.36. The van der Waals surface area contributed by atoms with Gasteiger partial charge >= 0.3 is 0 Å². The fourth-order valence-corrected chi connectivity index (χ4v) is 1.36. The fraction of sp³-hybridized carbons (Fsp3) is 0.222. The van der Waals surface area contributed by atoms with Crippen molar-refractivity contribution in [3.8, 4) is 0 Å². The Kier molecular flexibility index (Phi) is 1.70. The van der Waals surface area contributed by atoms with Crippen LogP contribution in [-0.4, -0.2) is 14.8 Å². The minimum absolute atomic E-state index is 0.487. The lowest BCUT2D eigenvalue weighted by atomic mass is 10.3. The summed E-state index contributed by atoms with van der Waals surface area (Å²) in [6.45, 7) is 1.64. The van der Waals surface area contributed by atoms with E-state index in [4.69, 9.17) is 5.84 Å². The van der Waals surface area contributed by atoms with Crippen molar-refractivity contribution in [1.29, 1.82) is 0 Å². The van der Waals surface area contributed by atoms with Crippen LogP contribution in [0.2, 0.25) is 0 Å². The standard InChI is InChI=1S/C9H11N3O/c1-6(13)9-11-7-4-2-3-5-8(7)12(9)10/h2-6,13H,10H2,1H3/t6-/m0/s1. The summed E-state index contributed by atoms with van der Waals surface area (Å²) in [4.78, 5) is 4.20. The Hall–Kier alpha value is -1.55. The molecular formula is C9H11N3O. The average molecular weight is 177 g/mol. The van der Waals surface area contributed by atoms with Crippen molar-refractivity contribution in [2.45, 2.75) is 13.0 Å². The lowest BCUT2D eigenvalue weighted by Gasteiger charge is -2.03. The highest BCUT2D eigenvalue weighted by atomic mass is 16.3. The highest BCUT2D eigenvalue weighted by molar-refractivity contribution is 5.75. The lowest BCUT2D eigenvalue weighted by molar-refractivity contribution is 0.187. The summed E-state index contributed by atoms with van der Waals surface area (Å²) in [6.07, 6.45) is -0.641. The molecule has 0 fully saturated rings. The third kappa shape index (κ3) is 1.15. The summed E-state index contributed by atoms with van der Waals surface area (Å²) in [5.74, 6) is 6.22. The highest BCUT2D eigenvalue weighted by Gasteiger charge is 2.11. The predicted octanol–water partition coefficient (Wildman–Crippen LogP) is 0.803. The second kappa shape index (κ2) is 2.74. The summed E-state index contributed by atoms with van der Waals surface area (Å²) in [5.41, 5.74) is 1.64. The number of aromatic nitrogens is 2. The van der Waals surface area contributed by atoms with Gasteiger partial charge in [-0.1, -0.05) is 12.1 Å². The Labute approximate surface area is 75.6 Å². The van der Waals surface area contributed by atoms with Gasteiger partial charge in [0.2, 0.25) is 0 Å². The molecule has 0 aliphatic rings. The first-order valence-corrected chi connectivity index (χ1v) is 4.10. The van der Waals surface area contributed by atoms with E-state index >= 15 is 0 Å². The molecule has 1 aromatic carbocycles. The maximum Gasteiger partial charge on any atom is 0.156 e. The molecular weight excluding hydrogens is 166 g/mol. The summed E-state index contributed by atoms with van der Waals surface area (Å²) in [5, 5.41) is 9.34. The van der Waals surface area contributed by atoms with Gasteiger partial charge in [0, 0.05) is 0 Å². The van der Waals surface area contributed by atoms with Gasteiger partial charge in [0.1, 0.15) is 6.10 Å². The van der Waals surface area contributed by atoms with E-state index in [0.29, 0.717) is 5.82 Å². The van der Waals surface area contributed by atoms with E-state index in [-0.39, 0.29) is 0 Å². The number of fused-ring (bicyclic) bond motifs is 1. The zero-order chi connectivity index (χ0) is 9.42. The third-order valence-corrected chi connectivity index (χ3v) is 2.00. The van der Waals surface area contributed by atoms with Gasteiger partial charge in [0.25, 0.3) is 0 Å². The number of hydrogen-bond donors (Lipinski definition) is 2. The molecule has 0 saturated carbocycles. The number of aliphatic hydroxyl groups is 1. The van der Waals surface area contributed by atoms with Gasteiger partial charge in [0.15, 0.2) is 5.82 Å². The minimum Gasteiger partial charge on any atom is -0.385 e. The molecule has 0 spiro atoms. The highest BCUT2D eigenvalue weighted by Crippen LogP contribution is 2.17. The van der Waals surface area contributed by atoms with E-state index in [1.54, 1.807) is 6.92 Å². The molecule has 4 nitrogen and oxygen atoms in total.